The van der Waals surface area contributed by atoms with E-state index >= 15 is 0 Å². The van der Waals surface area contributed by atoms with Crippen LogP contribution < -0.4 is 0 Å². The topological polar surface area (TPSA) is 3.24 Å². The maximum Gasteiger partial charge on any atom is 0.00954 e. The van der Waals surface area contributed by atoms with Crippen molar-refractivity contribution in [1.82, 2.24) is 4.90 Å². The Kier molecular flexibility index (Phi) is 6.41. The molecule has 1 fully saturated rings. The first-order chi connectivity index (χ1) is 7.69. The molecule has 0 saturated heterocycles. The molecule has 0 amide bonds. The first-order valence-corrected chi connectivity index (χ1v) is 7.43. The molecule has 1 aliphatic carbocycles. The molecule has 0 bridgehead atoms. The largest absolute Gasteiger partial charge is 0.300 e. The molecule has 16 heavy (non-hydrogen) atoms. The second-order valence-corrected chi connectivity index (χ2v) is 5.85. The summed E-state index contributed by atoms with van der Waals surface area (Å²) >= 11 is 0. The number of rotatable bonds is 6. The predicted molar refractivity (Wildman–Crippen MR) is 72.7 cm³/mol. The molecular weight excluding hydrogens is 194 g/mol. The van der Waals surface area contributed by atoms with Gasteiger partial charge in [-0.2, -0.15) is 0 Å². The van der Waals surface area contributed by atoms with Gasteiger partial charge in [0.2, 0.25) is 0 Å². The van der Waals surface area contributed by atoms with Crippen LogP contribution in [0, 0.1) is 11.8 Å². The zero-order valence-corrected chi connectivity index (χ0v) is 11.8. The van der Waals surface area contributed by atoms with Gasteiger partial charge in [-0.05, 0) is 63.5 Å². The second-order valence-electron chi connectivity index (χ2n) is 5.85. The van der Waals surface area contributed by atoms with Gasteiger partial charge < -0.3 is 4.90 Å². The van der Waals surface area contributed by atoms with Crippen molar-refractivity contribution in [2.24, 2.45) is 11.8 Å². The van der Waals surface area contributed by atoms with Gasteiger partial charge in [0, 0.05) is 6.04 Å². The molecule has 1 nitrogen and oxygen atoms in total. The fraction of sp³-hybridized carbons (Fsp3) is 1.00. The third-order valence-electron chi connectivity index (χ3n) is 4.22. The smallest absolute Gasteiger partial charge is 0.00954 e. The summed E-state index contributed by atoms with van der Waals surface area (Å²) in [6.07, 6.45) is 8.44. The van der Waals surface area contributed by atoms with Crippen LogP contribution in [-0.2, 0) is 0 Å². The molecule has 0 heterocycles. The minimum Gasteiger partial charge on any atom is -0.300 e. The Morgan fingerprint density at radius 2 is 1.44 bits per heavy atom. The van der Waals surface area contributed by atoms with Gasteiger partial charge in [0.25, 0.3) is 0 Å². The van der Waals surface area contributed by atoms with Gasteiger partial charge in [-0.3, -0.25) is 0 Å². The molecule has 0 unspecified atom stereocenters. The standard InChI is InChI=1S/C15H31N/c1-5-11-16(12-6-2)15-9-7-14(8-10-15)13(3)4/h13-15H,5-12H2,1-4H3. The number of hydrogen-bond acceptors (Lipinski definition) is 1. The Morgan fingerprint density at radius 3 is 1.81 bits per heavy atom. The van der Waals surface area contributed by atoms with E-state index in [1.165, 1.54) is 51.6 Å². The Labute approximate surface area is 103 Å². The van der Waals surface area contributed by atoms with Gasteiger partial charge in [0.05, 0.1) is 0 Å². The molecule has 0 spiro atoms. The lowest BCUT2D eigenvalue weighted by molar-refractivity contribution is 0.123. The molecule has 96 valence electrons. The summed E-state index contributed by atoms with van der Waals surface area (Å²) < 4.78 is 0. The zero-order chi connectivity index (χ0) is 12.0. The van der Waals surface area contributed by atoms with Gasteiger partial charge in [-0.1, -0.05) is 27.7 Å². The maximum atomic E-state index is 2.75. The van der Waals surface area contributed by atoms with E-state index in [1.54, 1.807) is 0 Å². The van der Waals surface area contributed by atoms with Gasteiger partial charge >= 0.3 is 0 Å². The van der Waals surface area contributed by atoms with Crippen molar-refractivity contribution < 1.29 is 0 Å². The van der Waals surface area contributed by atoms with Crippen LogP contribution in [0.1, 0.15) is 66.2 Å². The lowest BCUT2D eigenvalue weighted by atomic mass is 9.79. The molecule has 0 radical (unpaired) electrons. The maximum absolute atomic E-state index is 2.75. The highest BCUT2D eigenvalue weighted by Crippen LogP contribution is 2.32. The van der Waals surface area contributed by atoms with Crippen LogP contribution in [0.3, 0.4) is 0 Å². The van der Waals surface area contributed by atoms with Crippen LogP contribution >= 0.6 is 0 Å². The van der Waals surface area contributed by atoms with Gasteiger partial charge in [0.1, 0.15) is 0 Å². The third kappa shape index (κ3) is 4.08. The summed E-state index contributed by atoms with van der Waals surface area (Å²) in [6.45, 7) is 12.0. The molecule has 1 rings (SSSR count). The van der Waals surface area contributed by atoms with Crippen molar-refractivity contribution in [3.63, 3.8) is 0 Å². The van der Waals surface area contributed by atoms with Crippen LogP contribution in [0.15, 0.2) is 0 Å². The summed E-state index contributed by atoms with van der Waals surface area (Å²) in [5.41, 5.74) is 0. The van der Waals surface area contributed by atoms with Crippen LogP contribution in [0.5, 0.6) is 0 Å². The molecule has 1 saturated carbocycles. The molecule has 0 atom stereocenters. The van der Waals surface area contributed by atoms with Crippen molar-refractivity contribution in [3.8, 4) is 0 Å². The van der Waals surface area contributed by atoms with E-state index in [0.29, 0.717) is 0 Å². The van der Waals surface area contributed by atoms with E-state index in [2.05, 4.69) is 32.6 Å². The number of nitrogens with zero attached hydrogens (tertiary/aromatic N) is 1. The van der Waals surface area contributed by atoms with E-state index in [4.69, 9.17) is 0 Å². The minimum atomic E-state index is 0.895. The zero-order valence-electron chi connectivity index (χ0n) is 11.8. The fourth-order valence-corrected chi connectivity index (χ4v) is 3.18. The minimum absolute atomic E-state index is 0.895. The van der Waals surface area contributed by atoms with Crippen LogP contribution in [0.2, 0.25) is 0 Å². The van der Waals surface area contributed by atoms with Crippen molar-refractivity contribution in [2.75, 3.05) is 13.1 Å². The van der Waals surface area contributed by atoms with Crippen LogP contribution in [-0.4, -0.2) is 24.0 Å². The highest BCUT2D eigenvalue weighted by Gasteiger charge is 2.26. The molecule has 1 aliphatic rings. The Bertz CT molecular complexity index is 162. The van der Waals surface area contributed by atoms with Gasteiger partial charge in [0.15, 0.2) is 0 Å². The summed E-state index contributed by atoms with van der Waals surface area (Å²) in [5, 5.41) is 0. The third-order valence-corrected chi connectivity index (χ3v) is 4.22. The Morgan fingerprint density at radius 1 is 0.938 bits per heavy atom. The molecule has 0 aliphatic heterocycles. The van der Waals surface area contributed by atoms with Crippen LogP contribution in [0.4, 0.5) is 0 Å². The van der Waals surface area contributed by atoms with E-state index < -0.39 is 0 Å². The summed E-state index contributed by atoms with van der Waals surface area (Å²) in [7, 11) is 0. The summed E-state index contributed by atoms with van der Waals surface area (Å²) in [4.78, 5) is 2.75. The summed E-state index contributed by atoms with van der Waals surface area (Å²) in [6, 6.07) is 0.898. The van der Waals surface area contributed by atoms with Crippen molar-refractivity contribution in [2.45, 2.75) is 72.3 Å². The normalized spacial score (nSPS) is 26.6. The first-order valence-electron chi connectivity index (χ1n) is 7.43. The molecule has 0 aromatic rings. The van der Waals surface area contributed by atoms with Crippen molar-refractivity contribution in [3.05, 3.63) is 0 Å². The van der Waals surface area contributed by atoms with E-state index in [9.17, 15) is 0 Å². The van der Waals surface area contributed by atoms with Crippen LogP contribution in [0.25, 0.3) is 0 Å². The Balaban J connectivity index is 2.37. The molecule has 0 aromatic carbocycles. The highest BCUT2D eigenvalue weighted by atomic mass is 15.1. The van der Waals surface area contributed by atoms with E-state index in [0.717, 1.165) is 17.9 Å². The Hall–Kier alpha value is -0.0400. The summed E-state index contributed by atoms with van der Waals surface area (Å²) in [5.74, 6) is 1.90. The van der Waals surface area contributed by atoms with Crippen molar-refractivity contribution >= 4 is 0 Å². The van der Waals surface area contributed by atoms with E-state index in [-0.39, 0.29) is 0 Å². The molecule has 0 aromatic heterocycles. The SMILES string of the molecule is CCCN(CCC)C1CCC(C(C)C)CC1. The second kappa shape index (κ2) is 7.32. The average molecular weight is 225 g/mol. The van der Waals surface area contributed by atoms with Crippen molar-refractivity contribution in [1.29, 1.82) is 0 Å². The highest BCUT2D eigenvalue weighted by molar-refractivity contribution is 4.80. The molecule has 1 heteroatoms. The molecule has 0 N–H and O–H groups in total. The lowest BCUT2D eigenvalue weighted by Crippen LogP contribution is -2.39. The predicted octanol–water partition coefficient (Wildman–Crippen LogP) is 4.32. The van der Waals surface area contributed by atoms with E-state index in [1.807, 2.05) is 0 Å². The quantitative estimate of drug-likeness (QED) is 0.650. The number of hydrogen-bond donors (Lipinski definition) is 0. The monoisotopic (exact) mass is 225 g/mol. The van der Waals surface area contributed by atoms with Gasteiger partial charge in [-0.15, -0.1) is 0 Å². The molecular formula is C15H31N. The average Bonchev–Trinajstić information content (AvgIpc) is 2.29. The first kappa shape index (κ1) is 14.0. The fourth-order valence-electron chi connectivity index (χ4n) is 3.18. The van der Waals surface area contributed by atoms with Gasteiger partial charge in [-0.25, -0.2) is 0 Å². The lowest BCUT2D eigenvalue weighted by Gasteiger charge is -2.38.